The van der Waals surface area contributed by atoms with Gasteiger partial charge in [0.05, 0.1) is 0 Å². The first-order valence-corrected chi connectivity index (χ1v) is 9.12. The van der Waals surface area contributed by atoms with E-state index in [4.69, 9.17) is 0 Å². The Labute approximate surface area is 148 Å². The number of aryl methyl sites for hydroxylation is 1. The highest BCUT2D eigenvalue weighted by Crippen LogP contribution is 2.33. The van der Waals surface area contributed by atoms with Crippen molar-refractivity contribution in [3.05, 3.63) is 47.4 Å². The Morgan fingerprint density at radius 2 is 2.04 bits per heavy atom. The number of rotatable bonds is 2. The summed E-state index contributed by atoms with van der Waals surface area (Å²) in [5.74, 6) is 2.07. The van der Waals surface area contributed by atoms with E-state index in [0.29, 0.717) is 17.4 Å². The van der Waals surface area contributed by atoms with Crippen LogP contribution in [0.15, 0.2) is 30.3 Å². The van der Waals surface area contributed by atoms with Gasteiger partial charge in [-0.25, -0.2) is 9.97 Å². The number of benzene rings is 1. The maximum absolute atomic E-state index is 12.9. The molecule has 5 nitrogen and oxygen atoms in total. The van der Waals surface area contributed by atoms with E-state index < -0.39 is 0 Å². The monoisotopic (exact) mass is 336 g/mol. The van der Waals surface area contributed by atoms with Crippen molar-refractivity contribution in [2.45, 2.75) is 33.1 Å². The van der Waals surface area contributed by atoms with Crippen molar-refractivity contribution in [1.82, 2.24) is 14.9 Å². The summed E-state index contributed by atoms with van der Waals surface area (Å²) in [6.45, 7) is 6.61. The fourth-order valence-electron chi connectivity index (χ4n) is 3.91. The zero-order valence-corrected chi connectivity index (χ0v) is 14.9. The number of para-hydroxylation sites is 1. The number of hydrogen-bond acceptors (Lipinski definition) is 4. The Balaban J connectivity index is 1.64. The Hall–Kier alpha value is -2.43. The number of hydrogen-bond donors (Lipinski definition) is 0. The van der Waals surface area contributed by atoms with Gasteiger partial charge in [0.1, 0.15) is 17.3 Å². The molecule has 1 unspecified atom stereocenters. The predicted octanol–water partition coefficient (Wildman–Crippen LogP) is 3.35. The third-order valence-electron chi connectivity index (χ3n) is 5.15. The largest absolute Gasteiger partial charge is 0.337 e. The van der Waals surface area contributed by atoms with E-state index in [-0.39, 0.29) is 5.91 Å². The van der Waals surface area contributed by atoms with Crippen molar-refractivity contribution in [3.63, 3.8) is 0 Å². The van der Waals surface area contributed by atoms with Gasteiger partial charge in [-0.1, -0.05) is 25.1 Å². The van der Waals surface area contributed by atoms with Crippen molar-refractivity contribution in [3.8, 4) is 0 Å². The first kappa shape index (κ1) is 16.1. The lowest BCUT2D eigenvalue weighted by molar-refractivity contribution is 0.0676. The number of carbonyl (C=O) groups excluding carboxylic acids is 1. The summed E-state index contributed by atoms with van der Waals surface area (Å²) in [5, 5.41) is 0. The van der Waals surface area contributed by atoms with Crippen LogP contribution in [-0.2, 0) is 6.42 Å². The van der Waals surface area contributed by atoms with Crippen LogP contribution in [0, 0.1) is 12.8 Å². The number of aromatic nitrogens is 2. The molecule has 2 aliphatic heterocycles. The van der Waals surface area contributed by atoms with Gasteiger partial charge in [0.2, 0.25) is 0 Å². The van der Waals surface area contributed by atoms with Gasteiger partial charge < -0.3 is 9.80 Å². The number of carbonyl (C=O) groups is 1. The number of nitrogens with zero attached hydrogens (tertiary/aromatic N) is 4. The lowest BCUT2D eigenvalue weighted by atomic mass is 10.00. The van der Waals surface area contributed by atoms with E-state index in [1.807, 2.05) is 24.0 Å². The lowest BCUT2D eigenvalue weighted by Crippen LogP contribution is -2.39. The minimum Gasteiger partial charge on any atom is -0.337 e. The summed E-state index contributed by atoms with van der Waals surface area (Å²) in [6, 6.07) is 10.3. The van der Waals surface area contributed by atoms with E-state index in [0.717, 1.165) is 38.3 Å². The fraction of sp³-hybridized carbons (Fsp3) is 0.450. The second-order valence-electron chi connectivity index (χ2n) is 7.19. The highest BCUT2D eigenvalue weighted by Gasteiger charge is 2.26. The second kappa shape index (κ2) is 6.47. The number of likely N-dealkylation sites (tertiary alicyclic amines) is 1. The van der Waals surface area contributed by atoms with Crippen molar-refractivity contribution in [2.75, 3.05) is 24.5 Å². The SMILES string of the molecule is Cc1nc(C(=O)N2CCCC(C)C2)cc(N2CCc3ccccc32)n1. The van der Waals surface area contributed by atoms with Gasteiger partial charge in [0.25, 0.3) is 5.91 Å². The lowest BCUT2D eigenvalue weighted by Gasteiger charge is -2.31. The van der Waals surface area contributed by atoms with Crippen molar-refractivity contribution in [2.24, 2.45) is 5.92 Å². The van der Waals surface area contributed by atoms with Gasteiger partial charge in [0.15, 0.2) is 0 Å². The summed E-state index contributed by atoms with van der Waals surface area (Å²) >= 11 is 0. The Bertz CT molecular complexity index is 804. The third-order valence-corrected chi connectivity index (χ3v) is 5.15. The highest BCUT2D eigenvalue weighted by molar-refractivity contribution is 5.93. The van der Waals surface area contributed by atoms with Crippen LogP contribution >= 0.6 is 0 Å². The molecule has 130 valence electrons. The second-order valence-corrected chi connectivity index (χ2v) is 7.19. The summed E-state index contributed by atoms with van der Waals surface area (Å²) in [5.41, 5.74) is 3.03. The summed E-state index contributed by atoms with van der Waals surface area (Å²) < 4.78 is 0. The van der Waals surface area contributed by atoms with Crippen LogP contribution in [0.5, 0.6) is 0 Å². The molecule has 0 aliphatic carbocycles. The van der Waals surface area contributed by atoms with Crippen LogP contribution in [0.3, 0.4) is 0 Å². The van der Waals surface area contributed by atoms with Gasteiger partial charge in [-0.3, -0.25) is 4.79 Å². The van der Waals surface area contributed by atoms with Crippen molar-refractivity contribution >= 4 is 17.4 Å². The summed E-state index contributed by atoms with van der Waals surface area (Å²) in [4.78, 5) is 26.1. The molecule has 0 saturated carbocycles. The minimum absolute atomic E-state index is 0.0331. The van der Waals surface area contributed by atoms with Crippen molar-refractivity contribution in [1.29, 1.82) is 0 Å². The molecule has 2 aliphatic rings. The van der Waals surface area contributed by atoms with Crippen LogP contribution in [0.4, 0.5) is 11.5 Å². The molecule has 25 heavy (non-hydrogen) atoms. The van der Waals surface area contributed by atoms with E-state index in [9.17, 15) is 4.79 Å². The summed E-state index contributed by atoms with van der Waals surface area (Å²) in [7, 11) is 0. The van der Waals surface area contributed by atoms with Gasteiger partial charge in [-0.05, 0) is 43.7 Å². The van der Waals surface area contributed by atoms with Crippen LogP contribution in [0.1, 0.15) is 41.6 Å². The molecule has 3 heterocycles. The molecular formula is C20H24N4O. The number of fused-ring (bicyclic) bond motifs is 1. The zero-order chi connectivity index (χ0) is 17.4. The van der Waals surface area contributed by atoms with Crippen LogP contribution in [-0.4, -0.2) is 40.4 Å². The van der Waals surface area contributed by atoms with Crippen molar-refractivity contribution < 1.29 is 4.79 Å². The quantitative estimate of drug-likeness (QED) is 0.844. The van der Waals surface area contributed by atoms with Crippen LogP contribution < -0.4 is 4.90 Å². The zero-order valence-electron chi connectivity index (χ0n) is 14.9. The smallest absolute Gasteiger partial charge is 0.272 e. The molecule has 1 saturated heterocycles. The normalized spacial score (nSPS) is 19.8. The number of amides is 1. The van der Waals surface area contributed by atoms with Crippen LogP contribution in [0.2, 0.25) is 0 Å². The molecule has 5 heteroatoms. The first-order chi connectivity index (χ1) is 12.1. The molecule has 1 atom stereocenters. The molecule has 1 fully saturated rings. The molecule has 0 bridgehead atoms. The highest BCUT2D eigenvalue weighted by atomic mass is 16.2. The van der Waals surface area contributed by atoms with Gasteiger partial charge in [-0.2, -0.15) is 0 Å². The summed E-state index contributed by atoms with van der Waals surface area (Å²) in [6.07, 6.45) is 3.28. The molecule has 0 N–H and O–H groups in total. The maximum Gasteiger partial charge on any atom is 0.272 e. The third kappa shape index (κ3) is 3.11. The van der Waals surface area contributed by atoms with E-state index in [2.05, 4.69) is 40.0 Å². The molecule has 0 spiro atoms. The van der Waals surface area contributed by atoms with E-state index >= 15 is 0 Å². The Morgan fingerprint density at radius 1 is 1.20 bits per heavy atom. The van der Waals surface area contributed by atoms with E-state index in [1.54, 1.807) is 0 Å². The molecule has 4 rings (SSSR count). The molecule has 0 radical (unpaired) electrons. The van der Waals surface area contributed by atoms with Crippen LogP contribution in [0.25, 0.3) is 0 Å². The Morgan fingerprint density at radius 3 is 2.88 bits per heavy atom. The average Bonchev–Trinajstić information content (AvgIpc) is 3.04. The van der Waals surface area contributed by atoms with Gasteiger partial charge in [0, 0.05) is 31.4 Å². The molecule has 1 amide bonds. The number of piperidine rings is 1. The predicted molar refractivity (Wildman–Crippen MR) is 98.2 cm³/mol. The Kier molecular flexibility index (Phi) is 4.15. The van der Waals surface area contributed by atoms with E-state index in [1.165, 1.54) is 17.7 Å². The molecular weight excluding hydrogens is 312 g/mol. The standard InChI is InChI=1S/C20H24N4O/c1-14-6-5-10-23(13-14)20(25)17-12-19(22-15(2)21-17)24-11-9-16-7-3-4-8-18(16)24/h3-4,7-8,12,14H,5-6,9-11,13H2,1-2H3. The first-order valence-electron chi connectivity index (χ1n) is 9.12. The fourth-order valence-corrected chi connectivity index (χ4v) is 3.91. The average molecular weight is 336 g/mol. The van der Waals surface area contributed by atoms with Gasteiger partial charge in [-0.15, -0.1) is 0 Å². The maximum atomic E-state index is 12.9. The molecule has 1 aromatic heterocycles. The molecule has 1 aromatic carbocycles. The molecule has 2 aromatic rings. The van der Waals surface area contributed by atoms with Gasteiger partial charge >= 0.3 is 0 Å². The topological polar surface area (TPSA) is 49.3 Å². The number of anilines is 2. The minimum atomic E-state index is 0.0331.